The Balaban J connectivity index is 1.59. The van der Waals surface area contributed by atoms with Crippen molar-refractivity contribution in [3.05, 3.63) is 64.2 Å². The molecule has 0 saturated carbocycles. The second-order valence-electron chi connectivity index (χ2n) is 7.14. The molecule has 2 aromatic carbocycles. The molecule has 7 nitrogen and oxygen atoms in total. The minimum absolute atomic E-state index is 0.00673. The molecule has 9 heteroatoms. The average molecular weight is 444 g/mol. The van der Waals surface area contributed by atoms with Crippen LogP contribution in [0, 0.1) is 5.82 Å². The Hall–Kier alpha value is -3.17. The summed E-state index contributed by atoms with van der Waals surface area (Å²) in [6, 6.07) is 11.3. The maximum atomic E-state index is 13.2. The van der Waals surface area contributed by atoms with E-state index in [0.29, 0.717) is 59.6 Å². The van der Waals surface area contributed by atoms with Crippen molar-refractivity contribution in [3.8, 4) is 11.5 Å². The number of aliphatic hydroxyl groups is 1. The Labute approximate surface area is 183 Å². The number of fused-ring (bicyclic) bond motifs is 2. The van der Waals surface area contributed by atoms with E-state index in [1.807, 2.05) is 6.07 Å². The number of ether oxygens (including phenoxy) is 2. The molecule has 0 fully saturated rings. The fourth-order valence-corrected chi connectivity index (χ4v) is 3.63. The van der Waals surface area contributed by atoms with Crippen LogP contribution in [0.3, 0.4) is 0 Å². The summed E-state index contributed by atoms with van der Waals surface area (Å²) in [5, 5.41) is 13.5. The van der Waals surface area contributed by atoms with E-state index < -0.39 is 0 Å². The van der Waals surface area contributed by atoms with Crippen molar-refractivity contribution in [1.82, 2.24) is 9.88 Å². The molecule has 3 N–H and O–H groups in total. The molecule has 162 valence electrons. The van der Waals surface area contributed by atoms with Crippen molar-refractivity contribution in [1.29, 1.82) is 0 Å². The third kappa shape index (κ3) is 4.95. The largest absolute Gasteiger partial charge is 0.486 e. The highest BCUT2D eigenvalue weighted by molar-refractivity contribution is 7.80. The standard InChI is InChI=1S/C22H22FN3O4S/c23-16-2-4-17(5-3-16)24-22(31)26(6-1-7-27)13-15-10-14-11-19-20(30-9-8-29-19)12-18(14)25-21(15)28/h2-5,10-12,27H,1,6-9,13H2,(H,24,31)(H,25,28). The zero-order chi connectivity index (χ0) is 21.8. The van der Waals surface area contributed by atoms with Gasteiger partial charge in [0.2, 0.25) is 0 Å². The Kier molecular flexibility index (Phi) is 6.34. The molecule has 0 spiro atoms. The first-order chi connectivity index (χ1) is 15.0. The number of nitrogens with one attached hydrogen (secondary N) is 2. The van der Waals surface area contributed by atoms with Crippen molar-refractivity contribution < 1.29 is 19.0 Å². The van der Waals surface area contributed by atoms with Gasteiger partial charge in [-0.3, -0.25) is 4.79 Å². The van der Waals surface area contributed by atoms with Crippen LogP contribution in [0.15, 0.2) is 47.3 Å². The molecule has 1 aliphatic heterocycles. The SMILES string of the molecule is O=c1[nH]c2cc3c(cc2cc1CN(CCCO)C(=S)Nc1ccc(F)cc1)OCCO3. The summed E-state index contributed by atoms with van der Waals surface area (Å²) >= 11 is 5.51. The number of nitrogens with zero attached hydrogens (tertiary/aromatic N) is 1. The second kappa shape index (κ2) is 9.32. The zero-order valence-electron chi connectivity index (χ0n) is 16.7. The van der Waals surface area contributed by atoms with Crippen LogP contribution < -0.4 is 20.3 Å². The lowest BCUT2D eigenvalue weighted by Crippen LogP contribution is -2.37. The Morgan fingerprint density at radius 1 is 1.16 bits per heavy atom. The minimum Gasteiger partial charge on any atom is -0.486 e. The van der Waals surface area contributed by atoms with Gasteiger partial charge in [0.25, 0.3) is 5.56 Å². The Bertz CT molecular complexity index is 1150. The van der Waals surface area contributed by atoms with E-state index >= 15 is 0 Å². The number of halogens is 1. The van der Waals surface area contributed by atoms with Crippen LogP contribution in [0.4, 0.5) is 10.1 Å². The van der Waals surface area contributed by atoms with Gasteiger partial charge in [0.05, 0.1) is 12.1 Å². The molecule has 2 heterocycles. The molecule has 0 bridgehead atoms. The third-order valence-corrected chi connectivity index (χ3v) is 5.27. The molecular formula is C22H22FN3O4S. The van der Waals surface area contributed by atoms with Gasteiger partial charge in [0.15, 0.2) is 16.6 Å². The molecule has 1 aromatic heterocycles. The van der Waals surface area contributed by atoms with Gasteiger partial charge in [-0.1, -0.05) is 0 Å². The molecule has 0 saturated heterocycles. The normalized spacial score (nSPS) is 12.6. The third-order valence-electron chi connectivity index (χ3n) is 4.91. The first kappa shape index (κ1) is 21.1. The van der Waals surface area contributed by atoms with Crippen LogP contribution in [0.2, 0.25) is 0 Å². The van der Waals surface area contributed by atoms with Gasteiger partial charge in [-0.2, -0.15) is 0 Å². The number of hydrogen-bond donors (Lipinski definition) is 3. The van der Waals surface area contributed by atoms with Crippen LogP contribution in [0.5, 0.6) is 11.5 Å². The molecule has 0 aliphatic carbocycles. The topological polar surface area (TPSA) is 86.8 Å². The Morgan fingerprint density at radius 2 is 1.87 bits per heavy atom. The molecule has 0 amide bonds. The number of hydrogen-bond acceptors (Lipinski definition) is 5. The highest BCUT2D eigenvalue weighted by atomic mass is 32.1. The number of pyridine rings is 1. The highest BCUT2D eigenvalue weighted by Gasteiger charge is 2.16. The smallest absolute Gasteiger partial charge is 0.253 e. The number of aromatic nitrogens is 1. The summed E-state index contributed by atoms with van der Waals surface area (Å²) in [5.74, 6) is 0.909. The number of aliphatic hydroxyl groups excluding tert-OH is 1. The van der Waals surface area contributed by atoms with Crippen molar-refractivity contribution >= 4 is 33.9 Å². The summed E-state index contributed by atoms with van der Waals surface area (Å²) in [6.45, 7) is 1.63. The van der Waals surface area contributed by atoms with E-state index in [1.165, 1.54) is 12.1 Å². The predicted molar refractivity (Wildman–Crippen MR) is 120 cm³/mol. The summed E-state index contributed by atoms with van der Waals surface area (Å²) in [5.41, 5.74) is 1.58. The first-order valence-corrected chi connectivity index (χ1v) is 10.3. The predicted octanol–water partition coefficient (Wildman–Crippen LogP) is 3.02. The molecule has 0 radical (unpaired) electrons. The average Bonchev–Trinajstić information content (AvgIpc) is 2.77. The number of thiocarbonyl (C=S) groups is 1. The van der Waals surface area contributed by atoms with Crippen LogP contribution in [-0.4, -0.2) is 46.5 Å². The molecule has 0 unspecified atom stereocenters. The van der Waals surface area contributed by atoms with E-state index in [4.69, 9.17) is 21.7 Å². The van der Waals surface area contributed by atoms with E-state index in [1.54, 1.807) is 29.2 Å². The molecular weight excluding hydrogens is 421 g/mol. The van der Waals surface area contributed by atoms with Gasteiger partial charge in [-0.05, 0) is 55.0 Å². The van der Waals surface area contributed by atoms with Crippen molar-refractivity contribution in [3.63, 3.8) is 0 Å². The van der Waals surface area contributed by atoms with Crippen molar-refractivity contribution in [2.75, 3.05) is 31.7 Å². The van der Waals surface area contributed by atoms with Gasteiger partial charge < -0.3 is 29.8 Å². The van der Waals surface area contributed by atoms with E-state index in [-0.39, 0.29) is 24.5 Å². The maximum Gasteiger partial charge on any atom is 0.253 e. The summed E-state index contributed by atoms with van der Waals surface area (Å²) in [6.07, 6.45) is 0.482. The number of aromatic amines is 1. The van der Waals surface area contributed by atoms with Gasteiger partial charge in [0, 0.05) is 35.9 Å². The monoisotopic (exact) mass is 443 g/mol. The van der Waals surface area contributed by atoms with Crippen molar-refractivity contribution in [2.45, 2.75) is 13.0 Å². The molecule has 1 aliphatic rings. The van der Waals surface area contributed by atoms with E-state index in [9.17, 15) is 14.3 Å². The molecule has 3 aromatic rings. The molecule has 4 rings (SSSR count). The fraction of sp³-hybridized carbons (Fsp3) is 0.273. The lowest BCUT2D eigenvalue weighted by molar-refractivity contribution is 0.172. The minimum atomic E-state index is -0.340. The number of anilines is 1. The summed E-state index contributed by atoms with van der Waals surface area (Å²) in [4.78, 5) is 17.4. The van der Waals surface area contributed by atoms with E-state index in [2.05, 4.69) is 10.3 Å². The van der Waals surface area contributed by atoms with Crippen LogP contribution in [0.1, 0.15) is 12.0 Å². The lowest BCUT2D eigenvalue weighted by atomic mass is 10.1. The molecule has 31 heavy (non-hydrogen) atoms. The quantitative estimate of drug-likeness (QED) is 0.505. The molecule has 0 atom stereocenters. The van der Waals surface area contributed by atoms with Gasteiger partial charge in [-0.25, -0.2) is 4.39 Å². The summed E-state index contributed by atoms with van der Waals surface area (Å²) in [7, 11) is 0. The number of H-pyrrole nitrogens is 1. The zero-order valence-corrected chi connectivity index (χ0v) is 17.5. The van der Waals surface area contributed by atoms with Gasteiger partial charge in [0.1, 0.15) is 19.0 Å². The lowest BCUT2D eigenvalue weighted by Gasteiger charge is -2.26. The fourth-order valence-electron chi connectivity index (χ4n) is 3.36. The van der Waals surface area contributed by atoms with Crippen LogP contribution in [-0.2, 0) is 6.54 Å². The van der Waals surface area contributed by atoms with Gasteiger partial charge >= 0.3 is 0 Å². The number of benzene rings is 2. The van der Waals surface area contributed by atoms with Crippen LogP contribution in [0.25, 0.3) is 10.9 Å². The van der Waals surface area contributed by atoms with Gasteiger partial charge in [-0.15, -0.1) is 0 Å². The Morgan fingerprint density at radius 3 is 2.58 bits per heavy atom. The van der Waals surface area contributed by atoms with Crippen molar-refractivity contribution in [2.24, 2.45) is 0 Å². The van der Waals surface area contributed by atoms with E-state index in [0.717, 1.165) is 5.39 Å². The second-order valence-corrected chi connectivity index (χ2v) is 7.53. The number of rotatable bonds is 6. The first-order valence-electron chi connectivity index (χ1n) is 9.91. The summed E-state index contributed by atoms with van der Waals surface area (Å²) < 4.78 is 24.4. The highest BCUT2D eigenvalue weighted by Crippen LogP contribution is 2.33. The maximum absolute atomic E-state index is 13.2. The van der Waals surface area contributed by atoms with Crippen LogP contribution >= 0.6 is 12.2 Å².